The van der Waals surface area contributed by atoms with Crippen molar-refractivity contribution in [1.82, 2.24) is 15.2 Å². The Morgan fingerprint density at radius 1 is 1.07 bits per heavy atom. The summed E-state index contributed by atoms with van der Waals surface area (Å²) in [5.41, 5.74) is 4.88. The third-order valence-electron chi connectivity index (χ3n) is 4.65. The number of rotatable bonds is 2. The molecular weight excluding hydrogens is 436 g/mol. The number of aromatic nitrogens is 3. The van der Waals surface area contributed by atoms with E-state index in [0.717, 1.165) is 21.3 Å². The van der Waals surface area contributed by atoms with Crippen LogP contribution in [0.25, 0.3) is 11.3 Å². The Morgan fingerprint density at radius 3 is 2.50 bits per heavy atom. The molecule has 7 heteroatoms. The first-order valence-corrected chi connectivity index (χ1v) is 11.0. The third-order valence-corrected chi connectivity index (χ3v) is 5.68. The standard InChI is InChI=1S/C21H21BrN4OS/c1-21(2,3)13-7-5-12(6-8-13)18-23-16-10-9-14(22)11-15(16)17-19(27-18)24-20(28-4)26-25-17/h5-11,18,23H,1-4H3. The first-order chi connectivity index (χ1) is 13.3. The van der Waals surface area contributed by atoms with Crippen molar-refractivity contribution in [2.75, 3.05) is 11.6 Å². The maximum absolute atomic E-state index is 6.28. The molecule has 0 spiro atoms. The largest absolute Gasteiger partial charge is 0.448 e. The molecule has 2 aromatic carbocycles. The van der Waals surface area contributed by atoms with Crippen LogP contribution in [-0.2, 0) is 5.41 Å². The van der Waals surface area contributed by atoms with Crippen molar-refractivity contribution in [2.24, 2.45) is 0 Å². The Bertz CT molecular complexity index is 1020. The third kappa shape index (κ3) is 3.73. The highest BCUT2D eigenvalue weighted by molar-refractivity contribution is 9.10. The number of fused-ring (bicyclic) bond motifs is 3. The van der Waals surface area contributed by atoms with Crippen molar-refractivity contribution in [3.63, 3.8) is 0 Å². The normalized spacial score (nSPS) is 15.7. The summed E-state index contributed by atoms with van der Waals surface area (Å²) in [5.74, 6) is 0.480. The van der Waals surface area contributed by atoms with Crippen molar-refractivity contribution in [2.45, 2.75) is 37.6 Å². The van der Waals surface area contributed by atoms with Crippen LogP contribution >= 0.6 is 27.7 Å². The lowest BCUT2D eigenvalue weighted by atomic mass is 9.86. The van der Waals surface area contributed by atoms with Crippen LogP contribution in [0.2, 0.25) is 0 Å². The van der Waals surface area contributed by atoms with Gasteiger partial charge in [-0.2, -0.15) is 4.98 Å². The number of thioether (sulfide) groups is 1. The molecule has 0 aliphatic carbocycles. The lowest BCUT2D eigenvalue weighted by Crippen LogP contribution is -2.18. The van der Waals surface area contributed by atoms with E-state index < -0.39 is 0 Å². The zero-order valence-corrected chi connectivity index (χ0v) is 18.6. The fourth-order valence-corrected chi connectivity index (χ4v) is 3.72. The van der Waals surface area contributed by atoms with E-state index in [-0.39, 0.29) is 11.6 Å². The molecule has 0 radical (unpaired) electrons. The van der Waals surface area contributed by atoms with E-state index in [1.54, 1.807) is 0 Å². The molecule has 1 atom stereocenters. The van der Waals surface area contributed by atoms with Gasteiger partial charge in [0.1, 0.15) is 0 Å². The van der Waals surface area contributed by atoms with E-state index >= 15 is 0 Å². The maximum Gasteiger partial charge on any atom is 0.247 e. The van der Waals surface area contributed by atoms with Crippen LogP contribution in [0, 0.1) is 0 Å². The fourth-order valence-electron chi connectivity index (χ4n) is 3.07. The second-order valence-electron chi connectivity index (χ2n) is 7.66. The second-order valence-corrected chi connectivity index (χ2v) is 9.35. The van der Waals surface area contributed by atoms with Gasteiger partial charge >= 0.3 is 0 Å². The molecule has 3 aromatic rings. The Hall–Kier alpha value is -2.12. The molecule has 0 saturated carbocycles. The summed E-state index contributed by atoms with van der Waals surface area (Å²) in [6.07, 6.45) is 1.55. The Kier molecular flexibility index (Phi) is 5.05. The molecule has 2 heterocycles. The summed E-state index contributed by atoms with van der Waals surface area (Å²) in [6.45, 7) is 6.62. The summed E-state index contributed by atoms with van der Waals surface area (Å²) in [7, 11) is 0. The smallest absolute Gasteiger partial charge is 0.247 e. The minimum atomic E-state index is -0.374. The van der Waals surface area contributed by atoms with Crippen LogP contribution < -0.4 is 10.1 Å². The van der Waals surface area contributed by atoms with Gasteiger partial charge in [-0.3, -0.25) is 0 Å². The van der Waals surface area contributed by atoms with E-state index in [0.29, 0.717) is 16.7 Å². The lowest BCUT2D eigenvalue weighted by molar-refractivity contribution is 0.225. The van der Waals surface area contributed by atoms with Gasteiger partial charge in [-0.15, -0.1) is 10.2 Å². The molecule has 4 rings (SSSR count). The monoisotopic (exact) mass is 456 g/mol. The fraction of sp³-hybridized carbons (Fsp3) is 0.286. The van der Waals surface area contributed by atoms with Crippen LogP contribution in [0.1, 0.15) is 38.1 Å². The van der Waals surface area contributed by atoms with Crippen LogP contribution in [0.3, 0.4) is 0 Å². The Labute approximate surface area is 177 Å². The van der Waals surface area contributed by atoms with Crippen molar-refractivity contribution >= 4 is 33.4 Å². The summed E-state index contributed by atoms with van der Waals surface area (Å²) < 4.78 is 7.24. The molecule has 1 N–H and O–H groups in total. The average Bonchev–Trinajstić information content (AvgIpc) is 2.83. The molecule has 1 unspecified atom stereocenters. The van der Waals surface area contributed by atoms with Gasteiger partial charge in [0.25, 0.3) is 0 Å². The second kappa shape index (κ2) is 7.37. The number of hydrogen-bond acceptors (Lipinski definition) is 6. The number of benzene rings is 2. The Balaban J connectivity index is 1.80. The van der Waals surface area contributed by atoms with Gasteiger partial charge in [0.2, 0.25) is 11.0 Å². The van der Waals surface area contributed by atoms with Crippen LogP contribution in [0.4, 0.5) is 5.69 Å². The SMILES string of the molecule is CSc1nnc2c(n1)OC(c1ccc(C(C)(C)C)cc1)Nc1ccc(Br)cc1-2. The van der Waals surface area contributed by atoms with E-state index in [9.17, 15) is 0 Å². The van der Waals surface area contributed by atoms with Gasteiger partial charge in [-0.25, -0.2) is 0 Å². The van der Waals surface area contributed by atoms with Crippen LogP contribution in [0.15, 0.2) is 52.1 Å². The molecule has 144 valence electrons. The molecule has 0 fully saturated rings. The molecule has 0 amide bonds. The molecule has 5 nitrogen and oxygen atoms in total. The van der Waals surface area contributed by atoms with E-state index in [2.05, 4.69) is 81.5 Å². The predicted octanol–water partition coefficient (Wildman–Crippen LogP) is 5.82. The van der Waals surface area contributed by atoms with Gasteiger partial charge in [0.05, 0.1) is 0 Å². The molecule has 0 saturated heterocycles. The van der Waals surface area contributed by atoms with E-state index in [1.165, 1.54) is 17.3 Å². The quantitative estimate of drug-likeness (QED) is 0.489. The minimum Gasteiger partial charge on any atom is -0.448 e. The van der Waals surface area contributed by atoms with Crippen LogP contribution in [0.5, 0.6) is 5.88 Å². The van der Waals surface area contributed by atoms with Gasteiger partial charge in [-0.05, 0) is 35.4 Å². The molecule has 1 aliphatic heterocycles. The number of hydrogen-bond donors (Lipinski definition) is 1. The number of ether oxygens (including phenoxy) is 1. The summed E-state index contributed by atoms with van der Waals surface area (Å²) in [4.78, 5) is 4.56. The first-order valence-electron chi connectivity index (χ1n) is 8.97. The predicted molar refractivity (Wildman–Crippen MR) is 117 cm³/mol. The highest BCUT2D eigenvalue weighted by atomic mass is 79.9. The molecule has 0 bridgehead atoms. The molecule has 1 aromatic heterocycles. The van der Waals surface area contributed by atoms with E-state index in [4.69, 9.17) is 4.74 Å². The van der Waals surface area contributed by atoms with Gasteiger partial charge in [0, 0.05) is 21.3 Å². The summed E-state index contributed by atoms with van der Waals surface area (Å²) >= 11 is 4.98. The number of halogens is 1. The van der Waals surface area contributed by atoms with Gasteiger partial charge in [0.15, 0.2) is 11.9 Å². The number of nitrogens with zero attached hydrogens (tertiary/aromatic N) is 3. The minimum absolute atomic E-state index is 0.103. The zero-order valence-electron chi connectivity index (χ0n) is 16.2. The highest BCUT2D eigenvalue weighted by Gasteiger charge is 2.26. The topological polar surface area (TPSA) is 59.9 Å². The summed E-state index contributed by atoms with van der Waals surface area (Å²) in [6, 6.07) is 14.5. The average molecular weight is 457 g/mol. The summed E-state index contributed by atoms with van der Waals surface area (Å²) in [5, 5.41) is 12.7. The van der Waals surface area contributed by atoms with Crippen molar-refractivity contribution in [1.29, 1.82) is 0 Å². The number of nitrogens with one attached hydrogen (secondary N) is 1. The van der Waals surface area contributed by atoms with Crippen molar-refractivity contribution < 1.29 is 4.74 Å². The van der Waals surface area contributed by atoms with Crippen molar-refractivity contribution in [3.05, 3.63) is 58.1 Å². The first kappa shape index (κ1) is 19.2. The van der Waals surface area contributed by atoms with Crippen molar-refractivity contribution in [3.8, 4) is 17.1 Å². The zero-order chi connectivity index (χ0) is 19.9. The molecule has 1 aliphatic rings. The van der Waals surface area contributed by atoms with Gasteiger partial charge in [-0.1, -0.05) is 72.7 Å². The molecule has 28 heavy (non-hydrogen) atoms. The van der Waals surface area contributed by atoms with Gasteiger partial charge < -0.3 is 10.1 Å². The maximum atomic E-state index is 6.28. The van der Waals surface area contributed by atoms with Crippen LogP contribution in [-0.4, -0.2) is 21.4 Å². The number of anilines is 1. The van der Waals surface area contributed by atoms with E-state index in [1.807, 2.05) is 24.5 Å². The lowest BCUT2D eigenvalue weighted by Gasteiger charge is -2.22. The highest BCUT2D eigenvalue weighted by Crippen LogP contribution is 2.40. The molecular formula is C21H21BrN4OS. The Morgan fingerprint density at radius 2 is 1.82 bits per heavy atom.